The first-order valence-corrected chi connectivity index (χ1v) is 4.18. The van der Waals surface area contributed by atoms with Gasteiger partial charge in [-0.25, -0.2) is 15.8 Å². The molecule has 84 valence electrons. The molecule has 0 bridgehead atoms. The summed E-state index contributed by atoms with van der Waals surface area (Å²) in [6, 6.07) is 1.48. The maximum Gasteiger partial charge on any atom is 0.451 e. The molecule has 0 unspecified atom stereocenters. The number of hydrogen-bond donors (Lipinski definition) is 2. The van der Waals surface area contributed by atoms with Crippen molar-refractivity contribution < 1.29 is 13.2 Å². The fraction of sp³-hybridized carbons (Fsp3) is 0.125. The second-order valence-corrected chi connectivity index (χ2v) is 2.93. The highest BCUT2D eigenvalue weighted by Crippen LogP contribution is 2.29. The zero-order valence-electron chi connectivity index (χ0n) is 7.78. The Morgan fingerprint density at radius 1 is 1.25 bits per heavy atom. The van der Waals surface area contributed by atoms with Crippen LogP contribution in [0.4, 0.5) is 19.0 Å². The number of pyridine rings is 1. The molecule has 3 N–H and O–H groups in total. The zero-order chi connectivity index (χ0) is 11.8. The summed E-state index contributed by atoms with van der Waals surface area (Å²) < 4.78 is 37.3. The van der Waals surface area contributed by atoms with Crippen LogP contribution in [-0.4, -0.2) is 15.0 Å². The van der Waals surface area contributed by atoms with E-state index in [2.05, 4.69) is 20.4 Å². The van der Waals surface area contributed by atoms with Gasteiger partial charge in [0.05, 0.1) is 11.7 Å². The van der Waals surface area contributed by atoms with Gasteiger partial charge in [-0.1, -0.05) is 0 Å². The molecule has 0 saturated carbocycles. The van der Waals surface area contributed by atoms with Gasteiger partial charge in [-0.2, -0.15) is 13.2 Å². The number of nitrogens with zero attached hydrogens (tertiary/aromatic N) is 3. The van der Waals surface area contributed by atoms with E-state index >= 15 is 0 Å². The number of rotatable bonds is 1. The van der Waals surface area contributed by atoms with Crippen LogP contribution in [0.3, 0.4) is 0 Å². The Hall–Kier alpha value is -1.96. The van der Waals surface area contributed by atoms with E-state index in [4.69, 9.17) is 5.84 Å². The van der Waals surface area contributed by atoms with E-state index in [1.807, 2.05) is 0 Å². The fourth-order valence-corrected chi connectivity index (χ4v) is 1.22. The maximum atomic E-state index is 12.4. The first kappa shape index (κ1) is 10.6. The number of aromatic nitrogens is 3. The average Bonchev–Trinajstić information content (AvgIpc) is 2.26. The summed E-state index contributed by atoms with van der Waals surface area (Å²) in [5, 5.41) is 0.380. The van der Waals surface area contributed by atoms with E-state index in [1.54, 1.807) is 0 Å². The molecule has 0 aromatic carbocycles. The van der Waals surface area contributed by atoms with E-state index in [9.17, 15) is 13.2 Å². The molecule has 0 aliphatic carbocycles. The Morgan fingerprint density at radius 3 is 2.62 bits per heavy atom. The van der Waals surface area contributed by atoms with Gasteiger partial charge in [-0.3, -0.25) is 4.98 Å². The van der Waals surface area contributed by atoms with Gasteiger partial charge in [0.25, 0.3) is 0 Å². The summed E-state index contributed by atoms with van der Waals surface area (Å²) in [4.78, 5) is 10.3. The minimum Gasteiger partial charge on any atom is -0.308 e. The highest BCUT2D eigenvalue weighted by molar-refractivity contribution is 5.88. The van der Waals surface area contributed by atoms with Gasteiger partial charge in [-0.15, -0.1) is 0 Å². The molecule has 0 spiro atoms. The Bertz CT molecular complexity index is 525. The normalized spacial score (nSPS) is 11.8. The first-order chi connectivity index (χ1) is 7.52. The van der Waals surface area contributed by atoms with Gasteiger partial charge in [-0.05, 0) is 6.07 Å². The third-order valence-electron chi connectivity index (χ3n) is 1.89. The van der Waals surface area contributed by atoms with Crippen LogP contribution in [-0.2, 0) is 6.18 Å². The molecule has 5 nitrogen and oxygen atoms in total. The number of hydrazine groups is 1. The Kier molecular flexibility index (Phi) is 2.35. The van der Waals surface area contributed by atoms with Crippen molar-refractivity contribution in [1.82, 2.24) is 15.0 Å². The number of nitrogens with two attached hydrogens (primary N) is 1. The smallest absolute Gasteiger partial charge is 0.308 e. The Labute approximate surface area is 87.5 Å². The second kappa shape index (κ2) is 3.56. The van der Waals surface area contributed by atoms with Crippen molar-refractivity contribution >= 4 is 16.7 Å². The molecular formula is C8H6F3N5. The number of nitrogens with one attached hydrogen (secondary N) is 1. The van der Waals surface area contributed by atoms with Crippen LogP contribution in [0, 0.1) is 0 Å². The minimum atomic E-state index is -4.62. The third-order valence-corrected chi connectivity index (χ3v) is 1.89. The summed E-state index contributed by atoms with van der Waals surface area (Å²) in [7, 11) is 0. The molecule has 0 radical (unpaired) electrons. The number of fused-ring (bicyclic) bond motifs is 1. The lowest BCUT2D eigenvalue weighted by molar-refractivity contribution is -0.144. The largest absolute Gasteiger partial charge is 0.451 e. The fourth-order valence-electron chi connectivity index (χ4n) is 1.22. The Morgan fingerprint density at radius 2 is 2.00 bits per heavy atom. The summed E-state index contributed by atoms with van der Waals surface area (Å²) in [5.74, 6) is 3.77. The Balaban J connectivity index is 2.73. The summed E-state index contributed by atoms with van der Waals surface area (Å²) in [5.41, 5.74) is 2.18. The molecule has 0 saturated heterocycles. The first-order valence-electron chi connectivity index (χ1n) is 4.18. The number of halogens is 3. The molecule has 0 fully saturated rings. The van der Waals surface area contributed by atoms with Crippen LogP contribution in [0.2, 0.25) is 0 Å². The van der Waals surface area contributed by atoms with Gasteiger partial charge in [0.2, 0.25) is 5.82 Å². The van der Waals surface area contributed by atoms with E-state index in [-0.39, 0.29) is 11.3 Å². The predicted octanol–water partition coefficient (Wildman–Crippen LogP) is 1.33. The lowest BCUT2D eigenvalue weighted by Crippen LogP contribution is -2.16. The van der Waals surface area contributed by atoms with Gasteiger partial charge >= 0.3 is 6.18 Å². The van der Waals surface area contributed by atoms with Crippen molar-refractivity contribution in [1.29, 1.82) is 0 Å². The maximum absolute atomic E-state index is 12.4. The SMILES string of the molecule is NNc1nc(C(F)(F)F)nc2cnccc12. The lowest BCUT2D eigenvalue weighted by Gasteiger charge is -2.09. The van der Waals surface area contributed by atoms with Gasteiger partial charge in [0.15, 0.2) is 5.82 Å². The lowest BCUT2D eigenvalue weighted by atomic mass is 10.3. The van der Waals surface area contributed by atoms with Crippen LogP contribution in [0.25, 0.3) is 10.9 Å². The molecule has 8 heteroatoms. The topological polar surface area (TPSA) is 76.7 Å². The summed E-state index contributed by atoms with van der Waals surface area (Å²) in [6.07, 6.45) is -1.98. The van der Waals surface area contributed by atoms with Crippen LogP contribution >= 0.6 is 0 Å². The number of nitrogen functional groups attached to an aromatic ring is 1. The van der Waals surface area contributed by atoms with E-state index in [0.717, 1.165) is 0 Å². The van der Waals surface area contributed by atoms with Crippen molar-refractivity contribution in [2.75, 3.05) is 5.43 Å². The standard InChI is InChI=1S/C8H6F3N5/c9-8(10,11)7-14-5-3-13-2-1-4(5)6(15-7)16-12/h1-3H,12H2,(H,14,15,16). The number of anilines is 1. The molecule has 2 rings (SSSR count). The van der Waals surface area contributed by atoms with Crippen LogP contribution in [0.1, 0.15) is 5.82 Å². The van der Waals surface area contributed by atoms with Gasteiger partial charge in [0, 0.05) is 11.6 Å². The monoisotopic (exact) mass is 229 g/mol. The van der Waals surface area contributed by atoms with E-state index in [1.165, 1.54) is 18.5 Å². The molecular weight excluding hydrogens is 223 g/mol. The molecule has 2 heterocycles. The van der Waals surface area contributed by atoms with Gasteiger partial charge in [0.1, 0.15) is 0 Å². The summed E-state index contributed by atoms with van der Waals surface area (Å²) >= 11 is 0. The molecule has 0 atom stereocenters. The van der Waals surface area contributed by atoms with Crippen molar-refractivity contribution in [2.24, 2.45) is 5.84 Å². The van der Waals surface area contributed by atoms with Crippen molar-refractivity contribution in [3.05, 3.63) is 24.3 Å². The van der Waals surface area contributed by atoms with Crippen molar-refractivity contribution in [3.63, 3.8) is 0 Å². The molecule has 0 aliphatic rings. The average molecular weight is 229 g/mol. The molecule has 0 aliphatic heterocycles. The molecule has 2 aromatic rings. The van der Waals surface area contributed by atoms with Gasteiger partial charge < -0.3 is 5.43 Å². The highest BCUT2D eigenvalue weighted by Gasteiger charge is 2.35. The number of hydrogen-bond acceptors (Lipinski definition) is 5. The molecule has 0 amide bonds. The molecule has 16 heavy (non-hydrogen) atoms. The third kappa shape index (κ3) is 1.74. The second-order valence-electron chi connectivity index (χ2n) is 2.93. The zero-order valence-corrected chi connectivity index (χ0v) is 7.78. The van der Waals surface area contributed by atoms with Crippen molar-refractivity contribution in [2.45, 2.75) is 6.18 Å². The molecule has 2 aromatic heterocycles. The van der Waals surface area contributed by atoms with Crippen molar-refractivity contribution in [3.8, 4) is 0 Å². The van der Waals surface area contributed by atoms with E-state index in [0.29, 0.717) is 5.39 Å². The van der Waals surface area contributed by atoms with Crippen LogP contribution in [0.5, 0.6) is 0 Å². The highest BCUT2D eigenvalue weighted by atomic mass is 19.4. The minimum absolute atomic E-state index is 0.0813. The van der Waals surface area contributed by atoms with Crippen LogP contribution in [0.15, 0.2) is 18.5 Å². The van der Waals surface area contributed by atoms with E-state index < -0.39 is 12.0 Å². The predicted molar refractivity (Wildman–Crippen MR) is 50.1 cm³/mol. The number of alkyl halides is 3. The quantitative estimate of drug-likeness (QED) is 0.569. The summed E-state index contributed by atoms with van der Waals surface area (Å²) in [6.45, 7) is 0. The van der Waals surface area contributed by atoms with Crippen LogP contribution < -0.4 is 11.3 Å².